The first-order valence-corrected chi connectivity index (χ1v) is 6.18. The van der Waals surface area contributed by atoms with Crippen molar-refractivity contribution in [3.63, 3.8) is 0 Å². The van der Waals surface area contributed by atoms with Gasteiger partial charge in [-0.05, 0) is 18.2 Å². The number of nitro benzene ring substituents is 1. The van der Waals surface area contributed by atoms with Gasteiger partial charge in [-0.1, -0.05) is 11.6 Å². The van der Waals surface area contributed by atoms with E-state index in [4.69, 9.17) is 11.6 Å². The van der Waals surface area contributed by atoms with Crippen LogP contribution in [0.3, 0.4) is 0 Å². The van der Waals surface area contributed by atoms with E-state index in [9.17, 15) is 19.7 Å². The molecule has 0 spiro atoms. The fourth-order valence-corrected chi connectivity index (χ4v) is 1.91. The minimum absolute atomic E-state index is 0.0711. The van der Waals surface area contributed by atoms with Crippen molar-refractivity contribution in [1.29, 1.82) is 0 Å². The van der Waals surface area contributed by atoms with Crippen LogP contribution in [0.15, 0.2) is 41.3 Å². The number of pyridine rings is 1. The number of aryl methyl sites for hydroxylation is 1. The predicted molar refractivity (Wildman–Crippen MR) is 77.7 cm³/mol. The Balaban J connectivity index is 2.23. The van der Waals surface area contributed by atoms with Crippen molar-refractivity contribution >= 4 is 28.9 Å². The minimum Gasteiger partial charge on any atom is -0.322 e. The Bertz CT molecular complexity index is 785. The highest BCUT2D eigenvalue weighted by Crippen LogP contribution is 2.27. The van der Waals surface area contributed by atoms with Crippen LogP contribution < -0.4 is 10.9 Å². The van der Waals surface area contributed by atoms with Gasteiger partial charge in [-0.15, -0.1) is 0 Å². The van der Waals surface area contributed by atoms with Crippen LogP contribution in [0.25, 0.3) is 0 Å². The first-order valence-electron chi connectivity index (χ1n) is 5.80. The van der Waals surface area contributed by atoms with E-state index in [1.807, 2.05) is 0 Å². The third-order valence-corrected chi connectivity index (χ3v) is 3.05. The number of carbonyl (C=O) groups excluding carboxylic acids is 1. The van der Waals surface area contributed by atoms with E-state index in [1.54, 1.807) is 0 Å². The molecule has 2 aromatic rings. The molecule has 0 bridgehead atoms. The molecule has 0 atom stereocenters. The Morgan fingerprint density at radius 3 is 2.62 bits per heavy atom. The number of benzene rings is 1. The minimum atomic E-state index is -0.610. The van der Waals surface area contributed by atoms with Crippen molar-refractivity contribution in [1.82, 2.24) is 4.57 Å². The molecular weight excluding hydrogens is 298 g/mol. The maximum absolute atomic E-state index is 12.0. The summed E-state index contributed by atoms with van der Waals surface area (Å²) in [5, 5.41) is 13.1. The lowest BCUT2D eigenvalue weighted by atomic mass is 10.2. The number of nitrogens with one attached hydrogen (secondary N) is 1. The van der Waals surface area contributed by atoms with Gasteiger partial charge < -0.3 is 9.88 Å². The third-order valence-electron chi connectivity index (χ3n) is 2.75. The van der Waals surface area contributed by atoms with Gasteiger partial charge in [-0.2, -0.15) is 0 Å². The fraction of sp³-hybridized carbons (Fsp3) is 0.0769. The largest absolute Gasteiger partial charge is 0.322 e. The van der Waals surface area contributed by atoms with Gasteiger partial charge >= 0.3 is 0 Å². The topological polar surface area (TPSA) is 94.2 Å². The fourth-order valence-electron chi connectivity index (χ4n) is 1.66. The summed E-state index contributed by atoms with van der Waals surface area (Å²) < 4.78 is 1.28. The Morgan fingerprint density at radius 2 is 2.05 bits per heavy atom. The molecule has 0 saturated heterocycles. The average Bonchev–Trinajstić information content (AvgIpc) is 2.41. The summed E-state index contributed by atoms with van der Waals surface area (Å²) in [6, 6.07) is 6.55. The van der Waals surface area contributed by atoms with E-state index in [0.717, 1.165) is 0 Å². The van der Waals surface area contributed by atoms with E-state index >= 15 is 0 Å². The molecule has 0 saturated carbocycles. The first-order chi connectivity index (χ1) is 9.88. The molecule has 7 nitrogen and oxygen atoms in total. The van der Waals surface area contributed by atoms with Crippen molar-refractivity contribution < 1.29 is 9.72 Å². The van der Waals surface area contributed by atoms with Crippen molar-refractivity contribution in [3.8, 4) is 0 Å². The van der Waals surface area contributed by atoms with Gasteiger partial charge in [0.05, 0.1) is 10.5 Å². The third kappa shape index (κ3) is 3.26. The zero-order valence-electron chi connectivity index (χ0n) is 10.9. The molecule has 0 radical (unpaired) electrons. The number of aromatic nitrogens is 1. The number of nitro groups is 1. The first kappa shape index (κ1) is 14.7. The quantitative estimate of drug-likeness (QED) is 0.694. The molecule has 1 aromatic heterocycles. The van der Waals surface area contributed by atoms with Gasteiger partial charge in [0.15, 0.2) is 0 Å². The number of halogens is 1. The van der Waals surface area contributed by atoms with Crippen LogP contribution in [0, 0.1) is 10.1 Å². The molecule has 0 aliphatic carbocycles. The van der Waals surface area contributed by atoms with Crippen molar-refractivity contribution in [2.75, 3.05) is 5.32 Å². The lowest BCUT2D eigenvalue weighted by Crippen LogP contribution is -2.19. The summed E-state index contributed by atoms with van der Waals surface area (Å²) in [7, 11) is 1.53. The summed E-state index contributed by atoms with van der Waals surface area (Å²) >= 11 is 5.76. The summed E-state index contributed by atoms with van der Waals surface area (Å²) in [6.45, 7) is 0. The maximum Gasteiger partial charge on any atom is 0.288 e. The Labute approximate surface area is 123 Å². The van der Waals surface area contributed by atoms with Crippen LogP contribution in [-0.2, 0) is 7.05 Å². The van der Waals surface area contributed by atoms with Crippen molar-refractivity contribution in [2.45, 2.75) is 0 Å². The van der Waals surface area contributed by atoms with E-state index in [-0.39, 0.29) is 21.8 Å². The number of amides is 1. The van der Waals surface area contributed by atoms with E-state index < -0.39 is 10.8 Å². The van der Waals surface area contributed by atoms with E-state index in [1.165, 1.54) is 48.1 Å². The number of anilines is 1. The highest BCUT2D eigenvalue weighted by Gasteiger charge is 2.14. The highest BCUT2D eigenvalue weighted by atomic mass is 35.5. The molecule has 0 unspecified atom stereocenters. The molecule has 1 amide bonds. The molecule has 0 fully saturated rings. The van der Waals surface area contributed by atoms with E-state index in [2.05, 4.69) is 5.32 Å². The van der Waals surface area contributed by atoms with Gasteiger partial charge in [0, 0.05) is 31.1 Å². The second-order valence-corrected chi connectivity index (χ2v) is 4.65. The zero-order chi connectivity index (χ0) is 15.6. The summed E-state index contributed by atoms with van der Waals surface area (Å²) in [5.41, 5.74) is 0.137. The molecular formula is C13H10ClN3O4. The maximum atomic E-state index is 12.0. The predicted octanol–water partition coefficient (Wildman–Crippen LogP) is 2.20. The van der Waals surface area contributed by atoms with Gasteiger partial charge in [-0.3, -0.25) is 19.7 Å². The van der Waals surface area contributed by atoms with Crippen LogP contribution in [0.4, 0.5) is 11.4 Å². The molecule has 2 rings (SSSR count). The lowest BCUT2D eigenvalue weighted by Gasteiger charge is -2.06. The molecule has 108 valence electrons. The summed E-state index contributed by atoms with van der Waals surface area (Å²) in [6.07, 6.45) is 1.39. The van der Waals surface area contributed by atoms with Crippen LogP contribution >= 0.6 is 11.6 Å². The Morgan fingerprint density at radius 1 is 1.33 bits per heavy atom. The molecule has 21 heavy (non-hydrogen) atoms. The highest BCUT2D eigenvalue weighted by molar-refractivity contribution is 6.33. The second kappa shape index (κ2) is 5.76. The van der Waals surface area contributed by atoms with Gasteiger partial charge in [-0.25, -0.2) is 0 Å². The van der Waals surface area contributed by atoms with Crippen LogP contribution in [0.5, 0.6) is 0 Å². The molecule has 0 aliphatic rings. The average molecular weight is 308 g/mol. The van der Waals surface area contributed by atoms with Gasteiger partial charge in [0.25, 0.3) is 11.6 Å². The smallest absolute Gasteiger partial charge is 0.288 e. The Hall–Kier alpha value is -2.67. The van der Waals surface area contributed by atoms with Crippen LogP contribution in [-0.4, -0.2) is 15.4 Å². The van der Waals surface area contributed by atoms with E-state index in [0.29, 0.717) is 5.69 Å². The normalized spacial score (nSPS) is 10.2. The number of rotatable bonds is 3. The molecule has 1 aromatic carbocycles. The number of hydrogen-bond acceptors (Lipinski definition) is 4. The molecule has 8 heteroatoms. The SMILES string of the molecule is Cn1cc(C(=O)Nc2ccc([N+](=O)[O-])c(Cl)c2)ccc1=O. The lowest BCUT2D eigenvalue weighted by molar-refractivity contribution is -0.384. The number of hydrogen-bond donors (Lipinski definition) is 1. The number of carbonyl (C=O) groups is 1. The number of nitrogens with zero attached hydrogens (tertiary/aromatic N) is 2. The van der Waals surface area contributed by atoms with Crippen molar-refractivity contribution in [2.24, 2.45) is 7.05 Å². The van der Waals surface area contributed by atoms with Gasteiger partial charge in [0.2, 0.25) is 5.56 Å². The van der Waals surface area contributed by atoms with Crippen LogP contribution in [0.1, 0.15) is 10.4 Å². The second-order valence-electron chi connectivity index (χ2n) is 4.24. The van der Waals surface area contributed by atoms with Crippen LogP contribution in [0.2, 0.25) is 5.02 Å². The zero-order valence-corrected chi connectivity index (χ0v) is 11.6. The monoisotopic (exact) mass is 307 g/mol. The molecule has 1 N–H and O–H groups in total. The summed E-state index contributed by atoms with van der Waals surface area (Å²) in [4.78, 5) is 33.3. The molecule has 1 heterocycles. The van der Waals surface area contributed by atoms with Crippen molar-refractivity contribution in [3.05, 3.63) is 67.6 Å². The standard InChI is InChI=1S/C13H10ClN3O4/c1-16-7-8(2-5-12(16)18)13(19)15-9-3-4-11(17(20)21)10(14)6-9/h2-7H,1H3,(H,15,19). The molecule has 0 aliphatic heterocycles. The Kier molecular flexibility index (Phi) is 4.04. The summed E-state index contributed by atoms with van der Waals surface area (Å²) in [5.74, 6) is -0.449. The van der Waals surface area contributed by atoms with Gasteiger partial charge in [0.1, 0.15) is 5.02 Å².